The van der Waals surface area contributed by atoms with E-state index in [9.17, 15) is 0 Å². The third kappa shape index (κ3) is 4.95. The lowest BCUT2D eigenvalue weighted by Gasteiger charge is -2.26. The molecular weight excluding hydrogens is 753 g/mol. The van der Waals surface area contributed by atoms with Crippen LogP contribution in [0.25, 0.3) is 76.2 Å². The minimum atomic E-state index is 1.13. The molecule has 0 unspecified atom stereocenters. The highest BCUT2D eigenvalue weighted by molar-refractivity contribution is 6.29. The monoisotopic (exact) mass is 794 g/mol. The van der Waals surface area contributed by atoms with Crippen LogP contribution in [0.2, 0.25) is 0 Å². The smallest absolute Gasteiger partial charge is 0.0620 e. The summed E-state index contributed by atoms with van der Waals surface area (Å²) in [6.07, 6.45) is 0. The Morgan fingerprint density at radius 2 is 0.532 bits per heavy atom. The molecule has 0 amide bonds. The van der Waals surface area contributed by atoms with Gasteiger partial charge in [0.05, 0.1) is 33.1 Å². The second-order valence-electron chi connectivity index (χ2n) is 17.4. The molecule has 0 spiro atoms. The molecule has 13 rings (SSSR count). The second-order valence-corrected chi connectivity index (χ2v) is 17.4. The van der Waals surface area contributed by atoms with E-state index in [-0.39, 0.29) is 0 Å². The van der Waals surface area contributed by atoms with Gasteiger partial charge in [-0.25, -0.2) is 0 Å². The maximum atomic E-state index is 2.53. The minimum absolute atomic E-state index is 1.13. The van der Waals surface area contributed by atoms with Crippen LogP contribution < -0.4 is 9.80 Å². The van der Waals surface area contributed by atoms with Gasteiger partial charge in [-0.3, -0.25) is 0 Å². The van der Waals surface area contributed by atoms with Gasteiger partial charge in [-0.1, -0.05) is 119 Å². The second kappa shape index (κ2) is 12.8. The summed E-state index contributed by atoms with van der Waals surface area (Å²) in [4.78, 5) is 4.77. The van der Waals surface area contributed by atoms with Crippen molar-refractivity contribution in [2.45, 2.75) is 27.7 Å². The Morgan fingerprint density at radius 1 is 0.258 bits per heavy atom. The predicted octanol–water partition coefficient (Wildman–Crippen LogP) is 16.2. The van der Waals surface area contributed by atoms with Crippen molar-refractivity contribution in [3.63, 3.8) is 0 Å². The molecular formula is C58H42N4. The standard InChI is InChI=1S/C58H42N4/c1-35-11-19-39(20-12-35)59(40-21-13-36(2)14-22-40)43-27-29-45-47-7-5-9-49-51-34-56-52(33-55(51)61(57(47)49)53(45)31-43)50-10-6-8-48-46-30-28-44(32-54(46)62(56)58(48)50)60(41-23-15-37(3)16-24-41)42-25-17-38(4)18-26-42/h5-34H,1-4H3. The Bertz CT molecular complexity index is 3520. The van der Waals surface area contributed by atoms with Gasteiger partial charge in [-0.05, 0) is 113 Å². The molecule has 4 nitrogen and oxygen atoms in total. The van der Waals surface area contributed by atoms with Gasteiger partial charge in [0, 0.05) is 77.2 Å². The molecule has 0 aliphatic carbocycles. The average molecular weight is 795 g/mol. The molecule has 0 aliphatic rings. The molecule has 9 aromatic carbocycles. The number of hydrogen-bond donors (Lipinski definition) is 0. The number of anilines is 6. The third-order valence-corrected chi connectivity index (χ3v) is 13.4. The average Bonchev–Trinajstić information content (AvgIpc) is 4.02. The highest BCUT2D eigenvalue weighted by Crippen LogP contribution is 2.47. The van der Waals surface area contributed by atoms with Crippen molar-refractivity contribution in [2.24, 2.45) is 0 Å². The fraction of sp³-hybridized carbons (Fsp3) is 0.0690. The minimum Gasteiger partial charge on any atom is -0.310 e. The molecule has 4 heteroatoms. The lowest BCUT2D eigenvalue weighted by atomic mass is 10.0. The normalized spacial score (nSPS) is 12.2. The molecule has 62 heavy (non-hydrogen) atoms. The molecule has 0 N–H and O–H groups in total. The number of rotatable bonds is 6. The molecule has 0 aliphatic heterocycles. The zero-order valence-electron chi connectivity index (χ0n) is 35.1. The lowest BCUT2D eigenvalue weighted by molar-refractivity contribution is 1.27. The highest BCUT2D eigenvalue weighted by Gasteiger charge is 2.24. The molecule has 13 aromatic rings. The zero-order chi connectivity index (χ0) is 41.4. The molecule has 0 saturated carbocycles. The van der Waals surface area contributed by atoms with Crippen molar-refractivity contribution in [3.05, 3.63) is 204 Å². The molecule has 0 bridgehead atoms. The third-order valence-electron chi connectivity index (χ3n) is 13.4. The van der Waals surface area contributed by atoms with Crippen LogP contribution in [0.3, 0.4) is 0 Å². The van der Waals surface area contributed by atoms with E-state index in [0.29, 0.717) is 0 Å². The van der Waals surface area contributed by atoms with Crippen molar-refractivity contribution < 1.29 is 0 Å². The molecule has 4 aromatic heterocycles. The quantitative estimate of drug-likeness (QED) is 0.167. The van der Waals surface area contributed by atoms with Crippen LogP contribution in [-0.4, -0.2) is 8.80 Å². The number of nitrogens with zero attached hydrogens (tertiary/aromatic N) is 4. The molecule has 0 saturated heterocycles. The first-order valence-corrected chi connectivity index (χ1v) is 21.6. The van der Waals surface area contributed by atoms with Crippen LogP contribution in [0.5, 0.6) is 0 Å². The fourth-order valence-electron chi connectivity index (χ4n) is 10.4. The number of aryl methyl sites for hydroxylation is 4. The van der Waals surface area contributed by atoms with Crippen LogP contribution in [0, 0.1) is 27.7 Å². The van der Waals surface area contributed by atoms with Gasteiger partial charge < -0.3 is 18.6 Å². The van der Waals surface area contributed by atoms with E-state index >= 15 is 0 Å². The van der Waals surface area contributed by atoms with E-state index in [2.05, 4.69) is 228 Å². The topological polar surface area (TPSA) is 15.3 Å². The number of fused-ring (bicyclic) bond motifs is 12. The number of aromatic nitrogens is 2. The van der Waals surface area contributed by atoms with E-state index in [1.165, 1.54) is 98.4 Å². The maximum absolute atomic E-state index is 2.53. The lowest BCUT2D eigenvalue weighted by Crippen LogP contribution is -2.10. The number of para-hydroxylation sites is 2. The summed E-state index contributed by atoms with van der Waals surface area (Å²) in [7, 11) is 0. The molecule has 294 valence electrons. The largest absolute Gasteiger partial charge is 0.310 e. The van der Waals surface area contributed by atoms with Gasteiger partial charge in [0.15, 0.2) is 0 Å². The van der Waals surface area contributed by atoms with Crippen LogP contribution in [0.15, 0.2) is 182 Å². The first-order chi connectivity index (χ1) is 30.4. The summed E-state index contributed by atoms with van der Waals surface area (Å²) in [6.45, 7) is 8.59. The SMILES string of the molecule is Cc1ccc(N(c2ccc(C)cc2)c2ccc3c4cccc5c6cc7c(cc6n(c3c2)c45)c2cccc3c4ccc(N(c5ccc(C)cc5)c5ccc(C)cc5)cc4n7c32)cc1. The van der Waals surface area contributed by atoms with E-state index in [1.807, 2.05) is 0 Å². The predicted molar refractivity (Wildman–Crippen MR) is 264 cm³/mol. The van der Waals surface area contributed by atoms with E-state index < -0.39 is 0 Å². The summed E-state index contributed by atoms with van der Waals surface area (Å²) in [6, 6.07) is 68.1. The first kappa shape index (κ1) is 35.0. The van der Waals surface area contributed by atoms with Crippen LogP contribution >= 0.6 is 0 Å². The van der Waals surface area contributed by atoms with Crippen LogP contribution in [-0.2, 0) is 0 Å². The first-order valence-electron chi connectivity index (χ1n) is 21.6. The van der Waals surface area contributed by atoms with Crippen molar-refractivity contribution >= 4 is 110 Å². The summed E-state index contributed by atoms with van der Waals surface area (Å²) in [5.74, 6) is 0. The molecule has 4 heterocycles. The van der Waals surface area contributed by atoms with Crippen molar-refractivity contribution in [1.82, 2.24) is 8.80 Å². The van der Waals surface area contributed by atoms with Gasteiger partial charge in [0.2, 0.25) is 0 Å². The number of hydrogen-bond acceptors (Lipinski definition) is 2. The Morgan fingerprint density at radius 3 is 0.855 bits per heavy atom. The van der Waals surface area contributed by atoms with E-state index in [0.717, 1.165) is 34.1 Å². The summed E-state index contributed by atoms with van der Waals surface area (Å²) in [5, 5.41) is 10.2. The van der Waals surface area contributed by atoms with Crippen LogP contribution in [0.4, 0.5) is 34.1 Å². The van der Waals surface area contributed by atoms with Crippen molar-refractivity contribution in [1.29, 1.82) is 0 Å². The molecule has 0 radical (unpaired) electrons. The van der Waals surface area contributed by atoms with Gasteiger partial charge in [-0.2, -0.15) is 0 Å². The Labute approximate surface area is 359 Å². The summed E-state index contributed by atoms with van der Waals surface area (Å²) in [5.41, 5.74) is 19.3. The summed E-state index contributed by atoms with van der Waals surface area (Å²) < 4.78 is 5.07. The highest BCUT2D eigenvalue weighted by atomic mass is 15.1. The van der Waals surface area contributed by atoms with Crippen LogP contribution in [0.1, 0.15) is 22.3 Å². The van der Waals surface area contributed by atoms with Crippen molar-refractivity contribution in [3.8, 4) is 0 Å². The van der Waals surface area contributed by atoms with Gasteiger partial charge in [0.25, 0.3) is 0 Å². The van der Waals surface area contributed by atoms with Gasteiger partial charge in [-0.15, -0.1) is 0 Å². The van der Waals surface area contributed by atoms with E-state index in [4.69, 9.17) is 0 Å². The van der Waals surface area contributed by atoms with Gasteiger partial charge in [0.1, 0.15) is 0 Å². The Balaban J connectivity index is 1.07. The fourth-order valence-corrected chi connectivity index (χ4v) is 10.4. The maximum Gasteiger partial charge on any atom is 0.0620 e. The van der Waals surface area contributed by atoms with E-state index in [1.54, 1.807) is 0 Å². The zero-order valence-corrected chi connectivity index (χ0v) is 35.1. The van der Waals surface area contributed by atoms with Crippen molar-refractivity contribution in [2.75, 3.05) is 9.80 Å². The Kier molecular flexibility index (Phi) is 7.25. The van der Waals surface area contributed by atoms with Gasteiger partial charge >= 0.3 is 0 Å². The Hall–Kier alpha value is -7.82. The molecule has 0 fully saturated rings. The summed E-state index contributed by atoms with van der Waals surface area (Å²) >= 11 is 0. The number of benzene rings is 9. The molecule has 0 atom stereocenters.